The third-order valence-corrected chi connectivity index (χ3v) is 5.39. The molecule has 2 N–H and O–H groups in total. The van der Waals surface area contributed by atoms with Crippen LogP contribution in [0.2, 0.25) is 0 Å². The zero-order chi connectivity index (χ0) is 18.9. The highest BCUT2D eigenvalue weighted by molar-refractivity contribution is 5.95. The van der Waals surface area contributed by atoms with Gasteiger partial charge in [-0.1, -0.05) is 66.8 Å². The first-order chi connectivity index (χ1) is 13.8. The van der Waals surface area contributed by atoms with Gasteiger partial charge >= 0.3 is 0 Å². The van der Waals surface area contributed by atoms with E-state index in [0.29, 0.717) is 0 Å². The Bertz CT molecular complexity index is 1190. The topological polar surface area (TPSA) is 30.4 Å². The summed E-state index contributed by atoms with van der Waals surface area (Å²) in [6.07, 6.45) is 11.4. The minimum Gasteiger partial charge on any atom is -0.399 e. The van der Waals surface area contributed by atoms with E-state index in [-0.39, 0.29) is 0 Å². The molecule has 28 heavy (non-hydrogen) atoms. The molecule has 0 atom stereocenters. The monoisotopic (exact) mass is 362 g/mol. The van der Waals surface area contributed by atoms with Crippen LogP contribution in [0.15, 0.2) is 97.2 Å². The standard InChI is InChI=1S/C26H22N2/c27-22-16-14-20(15-17-22)24-12-7-13-25-26(21-10-5-2-6-11-21)23(18-28(24)25)19-8-3-1-4-9-19/h2-3,5-18H,1,4,27H2. The zero-order valence-corrected chi connectivity index (χ0v) is 15.7. The maximum Gasteiger partial charge on any atom is 0.0541 e. The Morgan fingerprint density at radius 1 is 0.750 bits per heavy atom. The second-order valence-corrected chi connectivity index (χ2v) is 7.21. The number of allylic oxidation sites excluding steroid dienone is 4. The van der Waals surface area contributed by atoms with Crippen LogP contribution in [0.4, 0.5) is 5.69 Å². The molecule has 0 aliphatic heterocycles. The first kappa shape index (κ1) is 16.6. The van der Waals surface area contributed by atoms with Crippen LogP contribution >= 0.6 is 0 Å². The molecule has 0 amide bonds. The van der Waals surface area contributed by atoms with Gasteiger partial charge in [0.05, 0.1) is 11.2 Å². The number of fused-ring (bicyclic) bond motifs is 1. The first-order valence-electron chi connectivity index (χ1n) is 9.74. The molecule has 1 aliphatic carbocycles. The second-order valence-electron chi connectivity index (χ2n) is 7.21. The van der Waals surface area contributed by atoms with Crippen LogP contribution in [0.5, 0.6) is 0 Å². The van der Waals surface area contributed by atoms with Crippen molar-refractivity contribution in [3.63, 3.8) is 0 Å². The van der Waals surface area contributed by atoms with Crippen molar-refractivity contribution in [2.45, 2.75) is 12.8 Å². The van der Waals surface area contributed by atoms with Gasteiger partial charge in [0.25, 0.3) is 0 Å². The van der Waals surface area contributed by atoms with Crippen molar-refractivity contribution >= 4 is 16.8 Å². The van der Waals surface area contributed by atoms with E-state index in [0.717, 1.165) is 24.1 Å². The van der Waals surface area contributed by atoms with Crippen molar-refractivity contribution in [2.24, 2.45) is 0 Å². The lowest BCUT2D eigenvalue weighted by atomic mass is 9.94. The number of rotatable bonds is 3. The summed E-state index contributed by atoms with van der Waals surface area (Å²) in [4.78, 5) is 0. The van der Waals surface area contributed by atoms with Gasteiger partial charge in [-0.2, -0.15) is 0 Å². The molecule has 136 valence electrons. The largest absolute Gasteiger partial charge is 0.399 e. The summed E-state index contributed by atoms with van der Waals surface area (Å²) >= 11 is 0. The maximum absolute atomic E-state index is 5.90. The Labute approximate surface area is 165 Å². The van der Waals surface area contributed by atoms with Gasteiger partial charge in [-0.25, -0.2) is 0 Å². The summed E-state index contributed by atoms with van der Waals surface area (Å²) in [6.45, 7) is 0. The highest BCUT2D eigenvalue weighted by atomic mass is 14.9. The summed E-state index contributed by atoms with van der Waals surface area (Å²) in [5.41, 5.74) is 15.3. The summed E-state index contributed by atoms with van der Waals surface area (Å²) in [5, 5.41) is 0. The molecule has 0 radical (unpaired) electrons. The van der Waals surface area contributed by atoms with E-state index in [1.807, 2.05) is 12.1 Å². The smallest absolute Gasteiger partial charge is 0.0541 e. The summed E-state index contributed by atoms with van der Waals surface area (Å²) in [6, 6.07) is 25.3. The molecule has 0 spiro atoms. The first-order valence-corrected chi connectivity index (χ1v) is 9.74. The van der Waals surface area contributed by atoms with Crippen molar-refractivity contribution in [3.8, 4) is 22.4 Å². The van der Waals surface area contributed by atoms with Gasteiger partial charge in [0.2, 0.25) is 0 Å². The SMILES string of the molecule is Nc1ccc(-c2cccc3c(-c4ccccc4)c(C4=CCCC=C4)cn23)cc1. The number of anilines is 1. The molecule has 2 aromatic carbocycles. The van der Waals surface area contributed by atoms with E-state index in [9.17, 15) is 0 Å². The fourth-order valence-corrected chi connectivity index (χ4v) is 4.02. The average molecular weight is 362 g/mol. The fraction of sp³-hybridized carbons (Fsp3) is 0.0769. The van der Waals surface area contributed by atoms with E-state index >= 15 is 0 Å². The van der Waals surface area contributed by atoms with E-state index < -0.39 is 0 Å². The number of pyridine rings is 1. The number of nitrogen functional groups attached to an aromatic ring is 1. The number of nitrogens with two attached hydrogens (primary N) is 1. The molecule has 0 saturated heterocycles. The molecule has 4 aromatic rings. The molecule has 2 nitrogen and oxygen atoms in total. The van der Waals surface area contributed by atoms with Crippen molar-refractivity contribution < 1.29 is 0 Å². The Balaban J connectivity index is 1.81. The zero-order valence-electron chi connectivity index (χ0n) is 15.7. The summed E-state index contributed by atoms with van der Waals surface area (Å²) in [7, 11) is 0. The highest BCUT2D eigenvalue weighted by Crippen LogP contribution is 2.38. The van der Waals surface area contributed by atoms with E-state index in [1.165, 1.54) is 33.5 Å². The lowest BCUT2D eigenvalue weighted by Crippen LogP contribution is -1.91. The molecule has 0 saturated carbocycles. The molecule has 2 heterocycles. The number of aromatic nitrogens is 1. The van der Waals surface area contributed by atoms with Gasteiger partial charge < -0.3 is 10.1 Å². The maximum atomic E-state index is 5.90. The lowest BCUT2D eigenvalue weighted by molar-refractivity contribution is 1.04. The Morgan fingerprint density at radius 2 is 1.57 bits per heavy atom. The Kier molecular flexibility index (Phi) is 4.10. The Morgan fingerprint density at radius 3 is 2.32 bits per heavy atom. The molecule has 5 rings (SSSR count). The molecular formula is C26H22N2. The normalized spacial score (nSPS) is 13.6. The van der Waals surface area contributed by atoms with Crippen molar-refractivity contribution in [2.75, 3.05) is 5.73 Å². The van der Waals surface area contributed by atoms with Gasteiger partial charge in [-0.15, -0.1) is 0 Å². The molecule has 2 heteroatoms. The van der Waals surface area contributed by atoms with Crippen LogP contribution < -0.4 is 5.73 Å². The highest BCUT2D eigenvalue weighted by Gasteiger charge is 2.17. The van der Waals surface area contributed by atoms with Crippen LogP contribution in [0.1, 0.15) is 18.4 Å². The predicted octanol–water partition coefficient (Wildman–Crippen LogP) is 6.59. The second kappa shape index (κ2) is 6.90. The number of hydrogen-bond donors (Lipinski definition) is 1. The van der Waals surface area contributed by atoms with Gasteiger partial charge in [0.15, 0.2) is 0 Å². The summed E-state index contributed by atoms with van der Waals surface area (Å²) < 4.78 is 2.31. The van der Waals surface area contributed by atoms with Crippen molar-refractivity contribution in [3.05, 3.63) is 103 Å². The van der Waals surface area contributed by atoms with Gasteiger partial charge in [0, 0.05) is 23.0 Å². The summed E-state index contributed by atoms with van der Waals surface area (Å²) in [5.74, 6) is 0. The number of hydrogen-bond acceptors (Lipinski definition) is 1. The molecule has 0 bridgehead atoms. The third kappa shape index (κ3) is 2.84. The molecule has 2 aromatic heterocycles. The molecule has 0 fully saturated rings. The van der Waals surface area contributed by atoms with Crippen LogP contribution in [0, 0.1) is 0 Å². The lowest BCUT2D eigenvalue weighted by Gasteiger charge is -2.09. The van der Waals surface area contributed by atoms with Crippen molar-refractivity contribution in [1.82, 2.24) is 4.40 Å². The van der Waals surface area contributed by atoms with Gasteiger partial charge in [-0.05, 0) is 53.8 Å². The molecule has 1 aliphatic rings. The molecular weight excluding hydrogens is 340 g/mol. The van der Waals surface area contributed by atoms with E-state index in [4.69, 9.17) is 5.73 Å². The van der Waals surface area contributed by atoms with Crippen LogP contribution in [0.3, 0.4) is 0 Å². The predicted molar refractivity (Wildman–Crippen MR) is 119 cm³/mol. The average Bonchev–Trinajstić information content (AvgIpc) is 3.15. The third-order valence-electron chi connectivity index (χ3n) is 5.39. The van der Waals surface area contributed by atoms with E-state index in [1.54, 1.807) is 0 Å². The molecule has 0 unspecified atom stereocenters. The van der Waals surface area contributed by atoms with Gasteiger partial charge in [0.1, 0.15) is 0 Å². The quantitative estimate of drug-likeness (QED) is 0.409. The number of nitrogens with zero attached hydrogens (tertiary/aromatic N) is 1. The van der Waals surface area contributed by atoms with Crippen LogP contribution in [0.25, 0.3) is 33.5 Å². The van der Waals surface area contributed by atoms with Crippen LogP contribution in [-0.4, -0.2) is 4.40 Å². The van der Waals surface area contributed by atoms with Crippen molar-refractivity contribution in [1.29, 1.82) is 0 Å². The fourth-order valence-electron chi connectivity index (χ4n) is 4.02. The van der Waals surface area contributed by atoms with Gasteiger partial charge in [-0.3, -0.25) is 0 Å². The minimum absolute atomic E-state index is 0.784. The number of benzene rings is 2. The van der Waals surface area contributed by atoms with Crippen LogP contribution in [-0.2, 0) is 0 Å². The van der Waals surface area contributed by atoms with E-state index in [2.05, 4.69) is 89.5 Å². The Hall–Kier alpha value is -3.52. The minimum atomic E-state index is 0.784.